The summed E-state index contributed by atoms with van der Waals surface area (Å²) in [6.45, 7) is 0. The number of carbonyl (C=O) groups is 3. The van der Waals surface area contributed by atoms with E-state index in [1.807, 2.05) is 0 Å². The van der Waals surface area contributed by atoms with Gasteiger partial charge in [-0.3, -0.25) is 14.4 Å². The summed E-state index contributed by atoms with van der Waals surface area (Å²) in [5.74, 6) is -2.03. The minimum absolute atomic E-state index is 0.133. The minimum Gasteiger partial charge on any atom is -0.481 e. The van der Waals surface area contributed by atoms with Crippen LogP contribution in [0.4, 0.5) is 5.69 Å². The molecule has 0 unspecified atom stereocenters. The van der Waals surface area contributed by atoms with E-state index in [1.54, 1.807) is 42.5 Å². The lowest BCUT2D eigenvalue weighted by atomic mass is 9.97. The highest BCUT2D eigenvalue weighted by atomic mass is 16.4. The number of amides is 1. The molecule has 0 heterocycles. The Morgan fingerprint density at radius 1 is 1.04 bits per heavy atom. The summed E-state index contributed by atoms with van der Waals surface area (Å²) in [7, 11) is 0. The minimum atomic E-state index is -1.09. The van der Waals surface area contributed by atoms with Crippen LogP contribution in [0, 0.1) is 11.3 Å². The number of rotatable bonds is 6. The highest BCUT2D eigenvalue weighted by Gasteiger charge is 2.19. The van der Waals surface area contributed by atoms with E-state index in [2.05, 4.69) is 5.32 Å². The fraction of sp³-hybridized carbons (Fsp3) is 0.111. The van der Waals surface area contributed by atoms with Crippen LogP contribution in [0.5, 0.6) is 0 Å². The smallest absolute Gasteiger partial charge is 0.307 e. The Kier molecular flexibility index (Phi) is 5.42. The van der Waals surface area contributed by atoms with Crippen LogP contribution in [0.15, 0.2) is 48.5 Å². The van der Waals surface area contributed by atoms with Crippen molar-refractivity contribution in [2.75, 3.05) is 5.32 Å². The SMILES string of the molecule is N#CCC(=O)Nc1c(CC(=O)O)cccc1C(=O)c1ccccc1. The summed E-state index contributed by atoms with van der Waals surface area (Å²) in [5, 5.41) is 20.1. The molecule has 0 aromatic heterocycles. The molecule has 2 N–H and O–H groups in total. The maximum atomic E-state index is 12.7. The van der Waals surface area contributed by atoms with Gasteiger partial charge in [0, 0.05) is 11.1 Å². The Morgan fingerprint density at radius 2 is 1.75 bits per heavy atom. The molecule has 1 amide bonds. The highest BCUT2D eigenvalue weighted by Crippen LogP contribution is 2.25. The summed E-state index contributed by atoms with van der Waals surface area (Å²) < 4.78 is 0. The van der Waals surface area contributed by atoms with Gasteiger partial charge in [-0.2, -0.15) is 5.26 Å². The Balaban J connectivity index is 2.50. The van der Waals surface area contributed by atoms with Crippen molar-refractivity contribution in [1.82, 2.24) is 0 Å². The number of carboxylic acids is 1. The van der Waals surface area contributed by atoms with Gasteiger partial charge in [0.1, 0.15) is 6.42 Å². The second-order valence-electron chi connectivity index (χ2n) is 4.99. The van der Waals surface area contributed by atoms with Crippen LogP contribution in [0.25, 0.3) is 0 Å². The van der Waals surface area contributed by atoms with E-state index >= 15 is 0 Å². The molecule has 0 spiro atoms. The van der Waals surface area contributed by atoms with Crippen molar-refractivity contribution in [2.24, 2.45) is 0 Å². The Morgan fingerprint density at radius 3 is 2.38 bits per heavy atom. The third-order valence-electron chi connectivity index (χ3n) is 3.28. The van der Waals surface area contributed by atoms with Crippen LogP contribution in [0.2, 0.25) is 0 Å². The molecule has 6 heteroatoms. The van der Waals surface area contributed by atoms with Crippen molar-refractivity contribution in [3.8, 4) is 6.07 Å². The fourth-order valence-corrected chi connectivity index (χ4v) is 2.25. The van der Waals surface area contributed by atoms with Gasteiger partial charge in [0.25, 0.3) is 0 Å². The molecular weight excluding hydrogens is 308 g/mol. The fourth-order valence-electron chi connectivity index (χ4n) is 2.25. The topological polar surface area (TPSA) is 107 Å². The maximum Gasteiger partial charge on any atom is 0.307 e. The van der Waals surface area contributed by atoms with Crippen molar-refractivity contribution in [2.45, 2.75) is 12.8 Å². The normalized spacial score (nSPS) is 9.79. The number of hydrogen-bond donors (Lipinski definition) is 2. The quantitative estimate of drug-likeness (QED) is 0.794. The summed E-state index contributed by atoms with van der Waals surface area (Å²) in [4.78, 5) is 35.5. The predicted octanol–water partition coefficient (Wildman–Crippen LogP) is 2.40. The van der Waals surface area contributed by atoms with E-state index in [9.17, 15) is 14.4 Å². The average Bonchev–Trinajstić information content (AvgIpc) is 2.56. The van der Waals surface area contributed by atoms with Crippen molar-refractivity contribution in [3.05, 3.63) is 65.2 Å². The molecule has 0 fully saturated rings. The van der Waals surface area contributed by atoms with Gasteiger partial charge in [0.2, 0.25) is 5.91 Å². The van der Waals surface area contributed by atoms with Gasteiger partial charge in [0.15, 0.2) is 5.78 Å². The first kappa shape index (κ1) is 16.9. The zero-order valence-corrected chi connectivity index (χ0v) is 12.7. The Labute approximate surface area is 138 Å². The second-order valence-corrected chi connectivity index (χ2v) is 4.99. The summed E-state index contributed by atoms with van der Waals surface area (Å²) >= 11 is 0. The number of nitriles is 1. The molecule has 0 saturated carbocycles. The molecular formula is C18H14N2O4. The van der Waals surface area contributed by atoms with Crippen LogP contribution < -0.4 is 5.32 Å². The number of carbonyl (C=O) groups excluding carboxylic acids is 2. The van der Waals surface area contributed by atoms with Gasteiger partial charge in [-0.15, -0.1) is 0 Å². The zero-order valence-electron chi connectivity index (χ0n) is 12.7. The molecule has 0 aliphatic carbocycles. The number of benzene rings is 2. The molecule has 0 bridgehead atoms. The summed E-state index contributed by atoms with van der Waals surface area (Å²) in [6, 6.07) is 14.8. The first-order valence-corrected chi connectivity index (χ1v) is 7.13. The molecule has 24 heavy (non-hydrogen) atoms. The first-order valence-electron chi connectivity index (χ1n) is 7.13. The van der Waals surface area contributed by atoms with Crippen LogP contribution in [-0.2, 0) is 16.0 Å². The van der Waals surface area contributed by atoms with Gasteiger partial charge >= 0.3 is 5.97 Å². The third-order valence-corrected chi connectivity index (χ3v) is 3.28. The Hall–Kier alpha value is -3.46. The lowest BCUT2D eigenvalue weighted by molar-refractivity contribution is -0.136. The molecule has 0 aliphatic heterocycles. The lowest BCUT2D eigenvalue weighted by Crippen LogP contribution is -2.17. The molecule has 2 aromatic rings. The number of para-hydroxylation sites is 1. The van der Waals surface area contributed by atoms with Crippen molar-refractivity contribution in [1.29, 1.82) is 5.26 Å². The van der Waals surface area contributed by atoms with Crippen molar-refractivity contribution < 1.29 is 19.5 Å². The Bertz CT molecular complexity index is 823. The van der Waals surface area contributed by atoms with Crippen molar-refractivity contribution >= 4 is 23.3 Å². The maximum absolute atomic E-state index is 12.7. The molecule has 120 valence electrons. The van der Waals surface area contributed by atoms with E-state index in [-0.39, 0.29) is 29.9 Å². The largest absolute Gasteiger partial charge is 0.481 e. The number of aliphatic carboxylic acids is 1. The van der Waals surface area contributed by atoms with Gasteiger partial charge in [-0.05, 0) is 11.6 Å². The van der Waals surface area contributed by atoms with Crippen molar-refractivity contribution in [3.63, 3.8) is 0 Å². The number of ketones is 1. The van der Waals surface area contributed by atoms with Crippen LogP contribution in [0.1, 0.15) is 27.9 Å². The molecule has 0 atom stereocenters. The van der Waals surface area contributed by atoms with Crippen LogP contribution in [0.3, 0.4) is 0 Å². The number of nitrogens with zero attached hydrogens (tertiary/aromatic N) is 1. The monoisotopic (exact) mass is 322 g/mol. The molecule has 0 radical (unpaired) electrons. The second kappa shape index (κ2) is 7.70. The standard InChI is InChI=1S/C18H14N2O4/c19-10-9-15(21)20-17-13(11-16(22)23)7-4-8-14(17)18(24)12-5-2-1-3-6-12/h1-8H,9,11H2,(H,20,21)(H,22,23). The number of anilines is 1. The third kappa shape index (κ3) is 4.05. The summed E-state index contributed by atoms with van der Waals surface area (Å²) in [5.41, 5.74) is 1.04. The average molecular weight is 322 g/mol. The van der Waals surface area contributed by atoms with E-state index in [0.717, 1.165) is 0 Å². The molecule has 0 aliphatic rings. The van der Waals surface area contributed by atoms with Gasteiger partial charge < -0.3 is 10.4 Å². The first-order chi connectivity index (χ1) is 11.5. The number of nitrogens with one attached hydrogen (secondary N) is 1. The van der Waals surface area contributed by atoms with Gasteiger partial charge in [-0.25, -0.2) is 0 Å². The van der Waals surface area contributed by atoms with Crippen LogP contribution in [-0.4, -0.2) is 22.8 Å². The van der Waals surface area contributed by atoms with E-state index in [1.165, 1.54) is 12.1 Å². The summed E-state index contributed by atoms with van der Waals surface area (Å²) in [6.07, 6.45) is -0.738. The molecule has 0 saturated heterocycles. The lowest BCUT2D eigenvalue weighted by Gasteiger charge is -2.14. The molecule has 2 aromatic carbocycles. The van der Waals surface area contributed by atoms with Gasteiger partial charge in [0.05, 0.1) is 18.2 Å². The highest BCUT2D eigenvalue weighted by molar-refractivity contribution is 6.14. The van der Waals surface area contributed by atoms with E-state index < -0.39 is 11.9 Å². The van der Waals surface area contributed by atoms with Gasteiger partial charge in [-0.1, -0.05) is 42.5 Å². The number of carboxylic acid groups (broad SMARTS) is 1. The van der Waals surface area contributed by atoms with E-state index in [4.69, 9.17) is 10.4 Å². The predicted molar refractivity (Wildman–Crippen MR) is 86.5 cm³/mol. The van der Waals surface area contributed by atoms with E-state index in [0.29, 0.717) is 11.1 Å². The van der Waals surface area contributed by atoms with Crippen LogP contribution >= 0.6 is 0 Å². The molecule has 6 nitrogen and oxygen atoms in total. The zero-order chi connectivity index (χ0) is 17.5. The molecule has 2 rings (SSSR count). The number of hydrogen-bond acceptors (Lipinski definition) is 4.